The van der Waals surface area contributed by atoms with Crippen molar-refractivity contribution in [2.45, 2.75) is 32.7 Å². The van der Waals surface area contributed by atoms with E-state index in [1.54, 1.807) is 12.1 Å². The first-order valence-corrected chi connectivity index (χ1v) is 5.82. The van der Waals surface area contributed by atoms with Crippen molar-refractivity contribution in [2.24, 2.45) is 0 Å². The third-order valence-electron chi connectivity index (χ3n) is 3.09. The molecule has 1 aromatic carbocycles. The molecule has 0 spiro atoms. The molecule has 0 radical (unpaired) electrons. The van der Waals surface area contributed by atoms with Gasteiger partial charge in [0.25, 0.3) is 0 Å². The third-order valence-corrected chi connectivity index (χ3v) is 3.09. The monoisotopic (exact) mass is 219 g/mol. The van der Waals surface area contributed by atoms with E-state index in [0.717, 1.165) is 30.5 Å². The van der Waals surface area contributed by atoms with Crippen LogP contribution in [0.1, 0.15) is 37.4 Å². The lowest BCUT2D eigenvalue weighted by atomic mass is 10.1. The van der Waals surface area contributed by atoms with Crippen molar-refractivity contribution in [3.05, 3.63) is 46.8 Å². The van der Waals surface area contributed by atoms with Crippen molar-refractivity contribution in [3.8, 4) is 0 Å². The van der Waals surface area contributed by atoms with Gasteiger partial charge in [0.05, 0.1) is 0 Å². The largest absolute Gasteiger partial charge is 0.306 e. The zero-order valence-corrected chi connectivity index (χ0v) is 9.89. The number of fused-ring (bicyclic) bond motifs is 1. The molecule has 1 atom stereocenters. The molecule has 1 N–H and O–H groups in total. The zero-order valence-electron chi connectivity index (χ0n) is 9.89. The molecular formula is C14H18FN. The third kappa shape index (κ3) is 2.33. The van der Waals surface area contributed by atoms with Crippen molar-refractivity contribution < 1.29 is 4.39 Å². The summed E-state index contributed by atoms with van der Waals surface area (Å²) >= 11 is 0. The van der Waals surface area contributed by atoms with E-state index in [1.165, 1.54) is 5.57 Å². The molecule has 0 aliphatic heterocycles. The van der Waals surface area contributed by atoms with Crippen LogP contribution in [-0.4, -0.2) is 6.54 Å². The van der Waals surface area contributed by atoms with Gasteiger partial charge in [0.2, 0.25) is 0 Å². The van der Waals surface area contributed by atoms with Gasteiger partial charge in [-0.1, -0.05) is 23.8 Å². The Balaban J connectivity index is 2.06. The Labute approximate surface area is 96.4 Å². The SMILES string of the molecule is CC(C)=CCNC1CCc2c(F)cccc21. The smallest absolute Gasteiger partial charge is 0.126 e. The van der Waals surface area contributed by atoms with Crippen LogP contribution in [-0.2, 0) is 6.42 Å². The molecular weight excluding hydrogens is 201 g/mol. The van der Waals surface area contributed by atoms with Crippen LogP contribution in [0.3, 0.4) is 0 Å². The molecule has 0 fully saturated rings. The van der Waals surface area contributed by atoms with E-state index in [4.69, 9.17) is 0 Å². The van der Waals surface area contributed by atoms with E-state index < -0.39 is 0 Å². The number of benzene rings is 1. The lowest BCUT2D eigenvalue weighted by molar-refractivity contribution is 0.563. The Morgan fingerprint density at radius 3 is 3.06 bits per heavy atom. The van der Waals surface area contributed by atoms with Gasteiger partial charge < -0.3 is 5.32 Å². The molecule has 0 saturated carbocycles. The molecule has 1 aliphatic carbocycles. The fraction of sp³-hybridized carbons (Fsp3) is 0.429. The summed E-state index contributed by atoms with van der Waals surface area (Å²) in [5.74, 6) is -0.0518. The number of halogens is 1. The highest BCUT2D eigenvalue weighted by atomic mass is 19.1. The lowest BCUT2D eigenvalue weighted by Gasteiger charge is -2.12. The van der Waals surface area contributed by atoms with E-state index in [9.17, 15) is 4.39 Å². The zero-order chi connectivity index (χ0) is 11.5. The molecule has 86 valence electrons. The first kappa shape index (κ1) is 11.3. The maximum absolute atomic E-state index is 13.5. The summed E-state index contributed by atoms with van der Waals surface area (Å²) in [4.78, 5) is 0. The van der Waals surface area contributed by atoms with Crippen molar-refractivity contribution >= 4 is 0 Å². The lowest BCUT2D eigenvalue weighted by Crippen LogP contribution is -2.19. The minimum atomic E-state index is -0.0518. The average Bonchev–Trinajstić information content (AvgIpc) is 2.63. The molecule has 1 aliphatic rings. The average molecular weight is 219 g/mol. The Kier molecular flexibility index (Phi) is 3.39. The van der Waals surface area contributed by atoms with Gasteiger partial charge in [-0.05, 0) is 43.9 Å². The number of hydrogen-bond acceptors (Lipinski definition) is 1. The molecule has 1 aromatic rings. The summed E-state index contributed by atoms with van der Waals surface area (Å²) < 4.78 is 13.5. The molecule has 1 unspecified atom stereocenters. The van der Waals surface area contributed by atoms with Gasteiger partial charge in [-0.25, -0.2) is 4.39 Å². The summed E-state index contributed by atoms with van der Waals surface area (Å²) in [7, 11) is 0. The number of hydrogen-bond donors (Lipinski definition) is 1. The second kappa shape index (κ2) is 4.79. The van der Waals surface area contributed by atoms with Gasteiger partial charge in [0.15, 0.2) is 0 Å². The molecule has 0 aromatic heterocycles. The van der Waals surface area contributed by atoms with Crippen LogP contribution < -0.4 is 5.32 Å². The van der Waals surface area contributed by atoms with Crippen LogP contribution >= 0.6 is 0 Å². The van der Waals surface area contributed by atoms with Gasteiger partial charge in [0, 0.05) is 12.6 Å². The first-order chi connectivity index (χ1) is 7.68. The number of allylic oxidation sites excluding steroid dienone is 1. The summed E-state index contributed by atoms with van der Waals surface area (Å²) in [5, 5.41) is 3.45. The Morgan fingerprint density at radius 2 is 2.31 bits per heavy atom. The molecule has 16 heavy (non-hydrogen) atoms. The summed E-state index contributed by atoms with van der Waals surface area (Å²) in [5.41, 5.74) is 3.35. The van der Waals surface area contributed by atoms with Gasteiger partial charge in [0.1, 0.15) is 5.82 Å². The summed E-state index contributed by atoms with van der Waals surface area (Å²) in [6, 6.07) is 5.71. The second-order valence-electron chi connectivity index (χ2n) is 4.59. The number of rotatable bonds is 3. The van der Waals surface area contributed by atoms with Crippen LogP contribution in [0, 0.1) is 5.82 Å². The molecule has 0 amide bonds. The summed E-state index contributed by atoms with van der Waals surface area (Å²) in [6.45, 7) is 5.04. The Morgan fingerprint density at radius 1 is 1.50 bits per heavy atom. The van der Waals surface area contributed by atoms with Crippen LogP contribution in [0.2, 0.25) is 0 Å². The molecule has 0 bridgehead atoms. The highest BCUT2D eigenvalue weighted by molar-refractivity contribution is 5.35. The Bertz CT molecular complexity index is 405. The fourth-order valence-corrected chi connectivity index (χ4v) is 2.23. The topological polar surface area (TPSA) is 12.0 Å². The predicted octanol–water partition coefficient (Wildman–Crippen LogP) is 3.37. The second-order valence-corrected chi connectivity index (χ2v) is 4.59. The van der Waals surface area contributed by atoms with E-state index >= 15 is 0 Å². The highest BCUT2D eigenvalue weighted by Gasteiger charge is 2.23. The normalized spacial score (nSPS) is 18.3. The predicted molar refractivity (Wildman–Crippen MR) is 64.9 cm³/mol. The van der Waals surface area contributed by atoms with Crippen LogP contribution in [0.25, 0.3) is 0 Å². The van der Waals surface area contributed by atoms with Gasteiger partial charge in [-0.3, -0.25) is 0 Å². The van der Waals surface area contributed by atoms with Gasteiger partial charge in [-0.2, -0.15) is 0 Å². The van der Waals surface area contributed by atoms with Crippen LogP contribution in [0.15, 0.2) is 29.8 Å². The Hall–Kier alpha value is -1.15. The maximum atomic E-state index is 13.5. The van der Waals surface area contributed by atoms with Crippen molar-refractivity contribution in [1.29, 1.82) is 0 Å². The van der Waals surface area contributed by atoms with E-state index in [1.807, 2.05) is 6.07 Å². The molecule has 0 heterocycles. The van der Waals surface area contributed by atoms with Crippen LogP contribution in [0.5, 0.6) is 0 Å². The molecule has 2 heteroatoms. The molecule has 0 saturated heterocycles. The van der Waals surface area contributed by atoms with Crippen molar-refractivity contribution in [2.75, 3.05) is 6.54 Å². The minimum absolute atomic E-state index is 0.0518. The molecule has 1 nitrogen and oxygen atoms in total. The van der Waals surface area contributed by atoms with E-state index in [0.29, 0.717) is 6.04 Å². The van der Waals surface area contributed by atoms with Gasteiger partial charge in [-0.15, -0.1) is 0 Å². The molecule has 2 rings (SSSR count). The first-order valence-electron chi connectivity index (χ1n) is 5.82. The minimum Gasteiger partial charge on any atom is -0.306 e. The van der Waals surface area contributed by atoms with Crippen molar-refractivity contribution in [3.63, 3.8) is 0 Å². The highest BCUT2D eigenvalue weighted by Crippen LogP contribution is 2.32. The number of nitrogens with one attached hydrogen (secondary N) is 1. The summed E-state index contributed by atoms with van der Waals surface area (Å²) in [6.07, 6.45) is 4.03. The maximum Gasteiger partial charge on any atom is 0.126 e. The quantitative estimate of drug-likeness (QED) is 0.768. The van der Waals surface area contributed by atoms with E-state index in [2.05, 4.69) is 25.2 Å². The van der Waals surface area contributed by atoms with Crippen molar-refractivity contribution in [1.82, 2.24) is 5.32 Å². The fourth-order valence-electron chi connectivity index (χ4n) is 2.23. The van der Waals surface area contributed by atoms with E-state index in [-0.39, 0.29) is 5.82 Å². The standard InChI is InChI=1S/C14H18FN/c1-10(2)8-9-16-14-7-6-11-12(14)4-3-5-13(11)15/h3-5,8,14,16H,6-7,9H2,1-2H3. The van der Waals surface area contributed by atoms with Gasteiger partial charge >= 0.3 is 0 Å². The van der Waals surface area contributed by atoms with Crippen LogP contribution in [0.4, 0.5) is 4.39 Å².